The number of benzene rings is 2. The zero-order valence-electron chi connectivity index (χ0n) is 25.2. The summed E-state index contributed by atoms with van der Waals surface area (Å²) in [6, 6.07) is 7.21. The number of aromatic nitrogens is 2. The van der Waals surface area contributed by atoms with Gasteiger partial charge < -0.3 is 20.7 Å². The van der Waals surface area contributed by atoms with Crippen LogP contribution in [0.1, 0.15) is 48.7 Å². The van der Waals surface area contributed by atoms with E-state index in [0.717, 1.165) is 30.9 Å². The lowest BCUT2D eigenvalue weighted by atomic mass is 10.0. The average Bonchev–Trinajstić information content (AvgIpc) is 2.96. The van der Waals surface area contributed by atoms with Crippen LogP contribution < -0.4 is 20.5 Å². The van der Waals surface area contributed by atoms with Gasteiger partial charge in [-0.3, -0.25) is 19.4 Å². The summed E-state index contributed by atoms with van der Waals surface area (Å²) in [5.74, 6) is -2.39. The first-order valence-electron chi connectivity index (χ1n) is 14.1. The third-order valence-corrected chi connectivity index (χ3v) is 7.63. The second-order valence-corrected chi connectivity index (χ2v) is 12.3. The summed E-state index contributed by atoms with van der Waals surface area (Å²) in [7, 11) is -3.37. The maximum atomic E-state index is 14.4. The fourth-order valence-electron chi connectivity index (χ4n) is 4.82. The molecule has 1 fully saturated rings. The Labute approximate surface area is 279 Å². The number of rotatable bonds is 12. The highest BCUT2D eigenvalue weighted by atomic mass is 35.5. The van der Waals surface area contributed by atoms with Crippen LogP contribution in [0.4, 0.5) is 25.0 Å². The number of nitrogens with one attached hydrogen (secondary N) is 2. The van der Waals surface area contributed by atoms with E-state index in [4.69, 9.17) is 10.5 Å². The number of halogens is 4. The zero-order chi connectivity index (χ0) is 31.9. The van der Waals surface area contributed by atoms with Gasteiger partial charge in [0.05, 0.1) is 35.6 Å². The lowest BCUT2D eigenvalue weighted by Crippen LogP contribution is -2.49. The molecule has 3 aromatic rings. The van der Waals surface area contributed by atoms with Crippen LogP contribution in [0.3, 0.4) is 0 Å². The molecule has 46 heavy (non-hydrogen) atoms. The van der Waals surface area contributed by atoms with Gasteiger partial charge in [0.2, 0.25) is 15.9 Å². The molecule has 252 valence electrons. The first-order valence-corrected chi connectivity index (χ1v) is 16.0. The minimum atomic E-state index is -3.37. The molecule has 3 amide bonds. The van der Waals surface area contributed by atoms with Gasteiger partial charge in [0.15, 0.2) is 0 Å². The summed E-state index contributed by atoms with van der Waals surface area (Å²) in [5.41, 5.74) is 5.51. The normalized spacial score (nSPS) is 13.6. The molecular formula is C29H37Cl2F2N7O5S. The number of amides is 3. The summed E-state index contributed by atoms with van der Waals surface area (Å²) in [5, 5.41) is 2.49. The van der Waals surface area contributed by atoms with Crippen molar-refractivity contribution in [3.05, 3.63) is 71.7 Å². The second kappa shape index (κ2) is 17.2. The number of urea groups is 1. The van der Waals surface area contributed by atoms with Crippen LogP contribution in [0.15, 0.2) is 48.8 Å². The molecule has 0 atom stereocenters. The van der Waals surface area contributed by atoms with E-state index in [0.29, 0.717) is 56.5 Å². The molecule has 0 radical (unpaired) electrons. The number of hydrogen-bond acceptors (Lipinski definition) is 8. The van der Waals surface area contributed by atoms with E-state index >= 15 is 0 Å². The summed E-state index contributed by atoms with van der Waals surface area (Å²) in [6.45, 7) is 4.38. The summed E-state index contributed by atoms with van der Waals surface area (Å²) >= 11 is 0. The summed E-state index contributed by atoms with van der Waals surface area (Å²) in [4.78, 5) is 37.3. The third-order valence-electron chi connectivity index (χ3n) is 7.02. The van der Waals surface area contributed by atoms with Crippen molar-refractivity contribution >= 4 is 58.2 Å². The molecule has 17 heteroatoms. The topological polar surface area (TPSA) is 160 Å². The quantitative estimate of drug-likeness (QED) is 0.233. The molecule has 1 aliphatic rings. The molecular weight excluding hydrogens is 667 g/mol. The monoisotopic (exact) mass is 703 g/mol. The van der Waals surface area contributed by atoms with Gasteiger partial charge in [-0.2, -0.15) is 0 Å². The van der Waals surface area contributed by atoms with Crippen LogP contribution in [0.25, 0.3) is 0 Å². The van der Waals surface area contributed by atoms with Gasteiger partial charge in [-0.1, -0.05) is 13.3 Å². The number of ether oxygens (including phenoxy) is 1. The molecule has 1 saturated heterocycles. The number of hydrogen-bond donors (Lipinski definition) is 3. The van der Waals surface area contributed by atoms with Crippen molar-refractivity contribution < 1.29 is 31.5 Å². The van der Waals surface area contributed by atoms with Gasteiger partial charge >= 0.3 is 6.03 Å². The Hall–Kier alpha value is -3.79. The highest BCUT2D eigenvalue weighted by Gasteiger charge is 2.29. The molecule has 4 rings (SSSR count). The fourth-order valence-corrected chi connectivity index (χ4v) is 5.38. The van der Waals surface area contributed by atoms with Gasteiger partial charge in [-0.05, 0) is 49.6 Å². The SMILES string of the molecule is CCCCN(C(=O)Nc1cc(C(N)=O)c(F)cc1F)C1CCN(Cc2cnc(Oc3ccc(NS(C)(=O)=O)cc3)cn2)CC1.Cl.Cl. The van der Waals surface area contributed by atoms with Gasteiger partial charge in [-0.25, -0.2) is 27.0 Å². The largest absolute Gasteiger partial charge is 0.438 e. The van der Waals surface area contributed by atoms with Crippen LogP contribution in [-0.2, 0) is 16.6 Å². The summed E-state index contributed by atoms with van der Waals surface area (Å²) < 4.78 is 59.1. The molecule has 2 heterocycles. The first-order chi connectivity index (χ1) is 20.9. The van der Waals surface area contributed by atoms with Crippen molar-refractivity contribution in [2.24, 2.45) is 5.73 Å². The van der Waals surface area contributed by atoms with E-state index in [1.54, 1.807) is 35.4 Å². The molecule has 0 saturated carbocycles. The van der Waals surface area contributed by atoms with Gasteiger partial charge in [0, 0.05) is 44.0 Å². The van der Waals surface area contributed by atoms with Gasteiger partial charge in [-0.15, -0.1) is 24.8 Å². The number of anilines is 2. The van der Waals surface area contributed by atoms with Crippen molar-refractivity contribution in [2.45, 2.75) is 45.2 Å². The molecule has 0 spiro atoms. The molecule has 1 aromatic heterocycles. The first kappa shape index (κ1) is 38.4. The number of primary amides is 1. The molecule has 0 bridgehead atoms. The number of sulfonamides is 1. The van der Waals surface area contributed by atoms with Crippen LogP contribution in [0.2, 0.25) is 0 Å². The molecule has 1 aliphatic heterocycles. The maximum Gasteiger partial charge on any atom is 0.322 e. The average molecular weight is 705 g/mol. The van der Waals surface area contributed by atoms with E-state index in [-0.39, 0.29) is 42.4 Å². The number of nitrogens with two attached hydrogens (primary N) is 1. The Kier molecular flexibility index (Phi) is 14.4. The van der Waals surface area contributed by atoms with Crippen LogP contribution in [-0.4, -0.2) is 72.1 Å². The highest BCUT2D eigenvalue weighted by Crippen LogP contribution is 2.24. The number of piperidine rings is 1. The zero-order valence-corrected chi connectivity index (χ0v) is 27.7. The Morgan fingerprint density at radius 3 is 2.30 bits per heavy atom. The van der Waals surface area contributed by atoms with Crippen molar-refractivity contribution in [3.63, 3.8) is 0 Å². The number of unbranched alkanes of at least 4 members (excludes halogenated alkanes) is 1. The highest BCUT2D eigenvalue weighted by molar-refractivity contribution is 7.92. The minimum absolute atomic E-state index is 0. The number of carbonyl (C=O) groups is 2. The fraction of sp³-hybridized carbons (Fsp3) is 0.379. The smallest absolute Gasteiger partial charge is 0.322 e. The van der Waals surface area contributed by atoms with Crippen LogP contribution in [0.5, 0.6) is 11.6 Å². The van der Waals surface area contributed by atoms with Crippen molar-refractivity contribution in [3.8, 4) is 11.6 Å². The maximum absolute atomic E-state index is 14.4. The van der Waals surface area contributed by atoms with E-state index in [1.807, 2.05) is 6.92 Å². The summed E-state index contributed by atoms with van der Waals surface area (Å²) in [6.07, 6.45) is 7.16. The Bertz CT molecular complexity index is 1580. The predicted octanol–water partition coefficient (Wildman–Crippen LogP) is 5.16. The molecule has 12 nitrogen and oxygen atoms in total. The lowest BCUT2D eigenvalue weighted by Gasteiger charge is -2.38. The van der Waals surface area contributed by atoms with Gasteiger partial charge in [0.1, 0.15) is 17.4 Å². The number of likely N-dealkylation sites (tertiary alicyclic amines) is 1. The van der Waals surface area contributed by atoms with Crippen molar-refractivity contribution in [1.82, 2.24) is 19.8 Å². The third kappa shape index (κ3) is 10.9. The molecule has 2 aromatic carbocycles. The number of nitrogens with zero attached hydrogens (tertiary/aromatic N) is 4. The minimum Gasteiger partial charge on any atom is -0.438 e. The lowest BCUT2D eigenvalue weighted by molar-refractivity contribution is 0.0996. The molecule has 0 unspecified atom stereocenters. The molecule has 4 N–H and O–H groups in total. The Balaban J connectivity index is 0.00000368. The van der Waals surface area contributed by atoms with E-state index in [2.05, 4.69) is 24.9 Å². The van der Waals surface area contributed by atoms with Crippen molar-refractivity contribution in [1.29, 1.82) is 0 Å². The van der Waals surface area contributed by atoms with Crippen molar-refractivity contribution in [2.75, 3.05) is 35.9 Å². The van der Waals surface area contributed by atoms with Crippen LogP contribution in [0, 0.1) is 11.6 Å². The van der Waals surface area contributed by atoms with Crippen LogP contribution >= 0.6 is 24.8 Å². The predicted molar refractivity (Wildman–Crippen MR) is 175 cm³/mol. The molecule has 0 aliphatic carbocycles. The second-order valence-electron chi connectivity index (χ2n) is 10.5. The van der Waals surface area contributed by atoms with E-state index in [9.17, 15) is 26.8 Å². The Morgan fingerprint density at radius 1 is 1.07 bits per heavy atom. The number of carbonyl (C=O) groups excluding carboxylic acids is 2. The van der Waals surface area contributed by atoms with E-state index in [1.165, 1.54) is 6.20 Å². The van der Waals surface area contributed by atoms with Gasteiger partial charge in [0.25, 0.3) is 5.91 Å². The Morgan fingerprint density at radius 2 is 1.74 bits per heavy atom. The standard InChI is InChI=1S/C29H35F2N7O5S.2ClH/c1-3-4-11-38(29(40)35-26-14-23(28(32)39)24(30)15-25(26)31)21-9-12-37(13-10-21)18-20-16-34-27(17-33-20)43-22-7-5-19(6-8-22)36-44(2,41)42;;/h5-8,14-17,21,36H,3-4,9-13,18H2,1-2H3,(H2,32,39)(H,35,40);2*1H. The van der Waals surface area contributed by atoms with E-state index < -0.39 is 39.2 Å².